The number of rotatable bonds is 2. The molecule has 2 atom stereocenters. The van der Waals surface area contributed by atoms with Crippen molar-refractivity contribution in [2.75, 3.05) is 0 Å². The van der Waals surface area contributed by atoms with Crippen LogP contribution in [0.5, 0.6) is 0 Å². The Hall–Kier alpha value is -1.05. The first kappa shape index (κ1) is 7.06. The normalized spacial score (nSPS) is 30.9. The van der Waals surface area contributed by atoms with E-state index in [1.54, 1.807) is 6.34 Å². The SMILES string of the molecule is C=CC1NC=NC1/C=C\C. The third-order valence-electron chi connectivity index (χ3n) is 1.53. The topological polar surface area (TPSA) is 24.4 Å². The van der Waals surface area contributed by atoms with Gasteiger partial charge in [0.2, 0.25) is 0 Å². The van der Waals surface area contributed by atoms with Gasteiger partial charge in [0.05, 0.1) is 18.4 Å². The number of hydrogen-bond acceptors (Lipinski definition) is 2. The second-order valence-corrected chi connectivity index (χ2v) is 2.22. The molecule has 0 saturated heterocycles. The van der Waals surface area contributed by atoms with E-state index in [0.717, 1.165) is 0 Å². The third kappa shape index (κ3) is 1.26. The summed E-state index contributed by atoms with van der Waals surface area (Å²) in [7, 11) is 0. The van der Waals surface area contributed by atoms with Crippen molar-refractivity contribution < 1.29 is 0 Å². The Labute approximate surface area is 61.4 Å². The Morgan fingerprint density at radius 2 is 2.50 bits per heavy atom. The van der Waals surface area contributed by atoms with Crippen LogP contribution in [0.3, 0.4) is 0 Å². The van der Waals surface area contributed by atoms with Crippen LogP contribution in [0.2, 0.25) is 0 Å². The minimum Gasteiger partial charge on any atom is -0.368 e. The van der Waals surface area contributed by atoms with E-state index in [4.69, 9.17) is 0 Å². The van der Waals surface area contributed by atoms with E-state index < -0.39 is 0 Å². The van der Waals surface area contributed by atoms with E-state index in [2.05, 4.69) is 23.0 Å². The highest BCUT2D eigenvalue weighted by atomic mass is 15.1. The van der Waals surface area contributed by atoms with Crippen LogP contribution in [0.4, 0.5) is 0 Å². The molecule has 1 heterocycles. The van der Waals surface area contributed by atoms with Gasteiger partial charge in [-0.25, -0.2) is 0 Å². The lowest BCUT2D eigenvalue weighted by atomic mass is 10.1. The van der Waals surface area contributed by atoms with Gasteiger partial charge in [0, 0.05) is 0 Å². The minimum absolute atomic E-state index is 0.252. The molecule has 10 heavy (non-hydrogen) atoms. The van der Waals surface area contributed by atoms with Gasteiger partial charge in [-0.15, -0.1) is 6.58 Å². The molecule has 0 fully saturated rings. The summed E-state index contributed by atoms with van der Waals surface area (Å²) in [6.45, 7) is 5.69. The summed E-state index contributed by atoms with van der Waals surface area (Å²) in [5.41, 5.74) is 0. The van der Waals surface area contributed by atoms with E-state index in [9.17, 15) is 0 Å². The first-order chi connectivity index (χ1) is 4.88. The molecule has 0 aliphatic carbocycles. The fourth-order valence-electron chi connectivity index (χ4n) is 0.981. The van der Waals surface area contributed by atoms with Crippen LogP contribution in [0.1, 0.15) is 6.92 Å². The van der Waals surface area contributed by atoms with Gasteiger partial charge in [-0.2, -0.15) is 0 Å². The first-order valence-corrected chi connectivity index (χ1v) is 3.41. The molecule has 54 valence electrons. The second kappa shape index (κ2) is 3.20. The summed E-state index contributed by atoms with van der Waals surface area (Å²) in [5, 5.41) is 3.08. The number of hydrogen-bond donors (Lipinski definition) is 1. The highest BCUT2D eigenvalue weighted by Gasteiger charge is 2.16. The van der Waals surface area contributed by atoms with Crippen molar-refractivity contribution in [1.29, 1.82) is 0 Å². The summed E-state index contributed by atoms with van der Waals surface area (Å²) in [5.74, 6) is 0. The quantitative estimate of drug-likeness (QED) is 0.565. The van der Waals surface area contributed by atoms with Crippen molar-refractivity contribution in [2.45, 2.75) is 19.0 Å². The Balaban J connectivity index is 2.56. The molecule has 2 heteroatoms. The molecule has 1 rings (SSSR count). The summed E-state index contributed by atoms with van der Waals surface area (Å²) in [6.07, 6.45) is 7.67. The number of nitrogens with zero attached hydrogens (tertiary/aromatic N) is 1. The molecule has 0 aromatic carbocycles. The Morgan fingerprint density at radius 3 is 3.10 bits per heavy atom. The van der Waals surface area contributed by atoms with Crippen LogP contribution in [-0.4, -0.2) is 18.4 Å². The molecule has 0 aromatic heterocycles. The maximum atomic E-state index is 4.18. The lowest BCUT2D eigenvalue weighted by Crippen LogP contribution is -2.27. The molecule has 1 aliphatic rings. The Kier molecular flexibility index (Phi) is 2.26. The van der Waals surface area contributed by atoms with E-state index in [0.29, 0.717) is 0 Å². The molecular formula is C8H12N2. The van der Waals surface area contributed by atoms with E-state index in [1.807, 2.05) is 19.1 Å². The van der Waals surface area contributed by atoms with Gasteiger partial charge >= 0.3 is 0 Å². The standard InChI is InChI=1S/C8H12N2/c1-3-5-8-7(4-2)9-6-10-8/h3-8H,2H2,1H3,(H,9,10)/b5-3-. The van der Waals surface area contributed by atoms with Crippen LogP contribution >= 0.6 is 0 Å². The molecule has 0 spiro atoms. The zero-order chi connectivity index (χ0) is 7.40. The van der Waals surface area contributed by atoms with E-state index in [-0.39, 0.29) is 12.1 Å². The highest BCUT2D eigenvalue weighted by molar-refractivity contribution is 5.59. The fraction of sp³-hybridized carbons (Fsp3) is 0.375. The van der Waals surface area contributed by atoms with Gasteiger partial charge in [-0.1, -0.05) is 18.2 Å². The smallest absolute Gasteiger partial charge is 0.0934 e. The van der Waals surface area contributed by atoms with Gasteiger partial charge in [0.25, 0.3) is 0 Å². The van der Waals surface area contributed by atoms with E-state index >= 15 is 0 Å². The largest absolute Gasteiger partial charge is 0.368 e. The molecule has 0 radical (unpaired) electrons. The molecule has 0 aromatic rings. The van der Waals surface area contributed by atoms with Crippen molar-refractivity contribution in [3.63, 3.8) is 0 Å². The number of nitrogens with one attached hydrogen (secondary N) is 1. The Bertz CT molecular complexity index is 170. The lowest BCUT2D eigenvalue weighted by molar-refractivity contribution is 0.704. The maximum absolute atomic E-state index is 4.18. The molecule has 0 amide bonds. The zero-order valence-corrected chi connectivity index (χ0v) is 6.12. The summed E-state index contributed by atoms with van der Waals surface area (Å²) in [6, 6.07) is 0.540. The third-order valence-corrected chi connectivity index (χ3v) is 1.53. The highest BCUT2D eigenvalue weighted by Crippen LogP contribution is 2.05. The van der Waals surface area contributed by atoms with Crippen LogP contribution < -0.4 is 5.32 Å². The molecule has 0 bridgehead atoms. The minimum atomic E-state index is 0.252. The molecule has 2 unspecified atom stereocenters. The summed E-state index contributed by atoms with van der Waals surface area (Å²) < 4.78 is 0. The fourth-order valence-corrected chi connectivity index (χ4v) is 0.981. The van der Waals surface area contributed by atoms with Gasteiger partial charge in [-0.05, 0) is 6.92 Å². The second-order valence-electron chi connectivity index (χ2n) is 2.22. The van der Waals surface area contributed by atoms with Crippen LogP contribution in [-0.2, 0) is 0 Å². The number of allylic oxidation sites excluding steroid dienone is 1. The molecule has 1 aliphatic heterocycles. The first-order valence-electron chi connectivity index (χ1n) is 3.41. The number of aliphatic imine (C=N–C) groups is 1. The molecular weight excluding hydrogens is 124 g/mol. The summed E-state index contributed by atoms with van der Waals surface area (Å²) in [4.78, 5) is 4.18. The van der Waals surface area contributed by atoms with Crippen LogP contribution in [0, 0.1) is 0 Å². The van der Waals surface area contributed by atoms with Crippen LogP contribution in [0.15, 0.2) is 29.8 Å². The van der Waals surface area contributed by atoms with Gasteiger partial charge < -0.3 is 5.32 Å². The monoisotopic (exact) mass is 136 g/mol. The average Bonchev–Trinajstić information content (AvgIpc) is 2.36. The summed E-state index contributed by atoms with van der Waals surface area (Å²) >= 11 is 0. The predicted octanol–water partition coefficient (Wildman–Crippen LogP) is 1.12. The Morgan fingerprint density at radius 1 is 1.70 bits per heavy atom. The van der Waals surface area contributed by atoms with Gasteiger partial charge in [0.1, 0.15) is 0 Å². The molecule has 1 N–H and O–H groups in total. The molecule has 0 saturated carbocycles. The van der Waals surface area contributed by atoms with Crippen molar-refractivity contribution in [3.05, 3.63) is 24.8 Å². The van der Waals surface area contributed by atoms with Crippen LogP contribution in [0.25, 0.3) is 0 Å². The lowest BCUT2D eigenvalue weighted by Gasteiger charge is -2.08. The average molecular weight is 136 g/mol. The van der Waals surface area contributed by atoms with Crippen molar-refractivity contribution in [3.8, 4) is 0 Å². The van der Waals surface area contributed by atoms with Gasteiger partial charge in [0.15, 0.2) is 0 Å². The predicted molar refractivity (Wildman–Crippen MR) is 44.2 cm³/mol. The van der Waals surface area contributed by atoms with Crippen molar-refractivity contribution >= 4 is 6.34 Å². The van der Waals surface area contributed by atoms with Crippen molar-refractivity contribution in [1.82, 2.24) is 5.32 Å². The maximum Gasteiger partial charge on any atom is 0.0934 e. The zero-order valence-electron chi connectivity index (χ0n) is 6.12. The molecule has 2 nitrogen and oxygen atoms in total. The van der Waals surface area contributed by atoms with Crippen molar-refractivity contribution in [2.24, 2.45) is 4.99 Å². The van der Waals surface area contributed by atoms with E-state index in [1.165, 1.54) is 0 Å². The van der Waals surface area contributed by atoms with Gasteiger partial charge in [-0.3, -0.25) is 4.99 Å².